The summed E-state index contributed by atoms with van der Waals surface area (Å²) in [6, 6.07) is 3.57. The van der Waals surface area contributed by atoms with Gasteiger partial charge in [0.2, 0.25) is 5.95 Å². The fourth-order valence-corrected chi connectivity index (χ4v) is 1.30. The first-order chi connectivity index (χ1) is 7.70. The van der Waals surface area contributed by atoms with Crippen molar-refractivity contribution in [2.45, 2.75) is 13.5 Å². The highest BCUT2D eigenvalue weighted by Crippen LogP contribution is 2.19. The van der Waals surface area contributed by atoms with E-state index in [2.05, 4.69) is 15.3 Å². The molecule has 0 aliphatic carbocycles. The van der Waals surface area contributed by atoms with Crippen LogP contribution in [-0.4, -0.2) is 20.0 Å². The molecule has 2 rings (SSSR count). The summed E-state index contributed by atoms with van der Waals surface area (Å²) in [5.41, 5.74) is 1.51. The van der Waals surface area contributed by atoms with E-state index in [-0.39, 0.29) is 6.54 Å². The first-order valence-electron chi connectivity index (χ1n) is 4.60. The van der Waals surface area contributed by atoms with E-state index in [0.29, 0.717) is 11.3 Å². The first kappa shape index (κ1) is 10.2. The summed E-state index contributed by atoms with van der Waals surface area (Å²) in [6.45, 7) is 1.91. The molecule has 0 aliphatic rings. The number of nitriles is 1. The Morgan fingerprint density at radius 3 is 3.12 bits per heavy atom. The zero-order valence-electron chi connectivity index (χ0n) is 8.55. The number of aromatic nitrogens is 4. The lowest BCUT2D eigenvalue weighted by Gasteiger charge is -1.98. The number of hydrogen-bond donors (Lipinski definition) is 0. The molecule has 0 saturated heterocycles. The van der Waals surface area contributed by atoms with Gasteiger partial charge in [-0.25, -0.2) is 9.67 Å². The van der Waals surface area contributed by atoms with Gasteiger partial charge in [0.1, 0.15) is 12.2 Å². The quantitative estimate of drug-likeness (QED) is 0.711. The van der Waals surface area contributed by atoms with Crippen LogP contribution in [0.15, 0.2) is 18.5 Å². The molecule has 0 aliphatic heterocycles. The van der Waals surface area contributed by atoms with Crippen LogP contribution in [0.5, 0.6) is 0 Å². The molecule has 0 saturated carbocycles. The highest BCUT2D eigenvalue weighted by molar-refractivity contribution is 5.57. The van der Waals surface area contributed by atoms with Gasteiger partial charge in [0.25, 0.3) is 0 Å². The van der Waals surface area contributed by atoms with Crippen LogP contribution >= 0.6 is 0 Å². The minimum absolute atomic E-state index is 0.0911. The standard InChI is InChI=1S/C10H8FN5/c1-7-4-8(10(11)13-5-7)9-6-16(3-2-12)15-14-9/h4-6H,3H2,1H3. The number of rotatable bonds is 2. The molecular formula is C10H8FN5. The minimum atomic E-state index is -0.588. The SMILES string of the molecule is Cc1cnc(F)c(-c2cn(CC#N)nn2)c1. The molecule has 5 nitrogen and oxygen atoms in total. The van der Waals surface area contributed by atoms with Crippen molar-refractivity contribution in [3.63, 3.8) is 0 Å². The maximum Gasteiger partial charge on any atom is 0.222 e. The molecule has 16 heavy (non-hydrogen) atoms. The minimum Gasteiger partial charge on any atom is -0.238 e. The number of halogens is 1. The van der Waals surface area contributed by atoms with Crippen LogP contribution in [0, 0.1) is 24.2 Å². The van der Waals surface area contributed by atoms with E-state index in [9.17, 15) is 4.39 Å². The van der Waals surface area contributed by atoms with E-state index < -0.39 is 5.95 Å². The van der Waals surface area contributed by atoms with Crippen LogP contribution in [0.1, 0.15) is 5.56 Å². The molecule has 0 bridgehead atoms. The fraction of sp³-hybridized carbons (Fsp3) is 0.200. The van der Waals surface area contributed by atoms with Crippen molar-refractivity contribution in [1.82, 2.24) is 20.0 Å². The molecule has 2 aromatic rings. The third-order valence-corrected chi connectivity index (χ3v) is 2.02. The molecule has 0 amide bonds. The molecular weight excluding hydrogens is 209 g/mol. The van der Waals surface area contributed by atoms with Crippen LogP contribution in [-0.2, 0) is 6.54 Å². The van der Waals surface area contributed by atoms with Gasteiger partial charge in [-0.05, 0) is 18.6 Å². The van der Waals surface area contributed by atoms with Crippen molar-refractivity contribution in [3.8, 4) is 17.3 Å². The Kier molecular flexibility index (Phi) is 2.60. The van der Waals surface area contributed by atoms with Crippen LogP contribution in [0.3, 0.4) is 0 Å². The predicted octanol–water partition coefficient (Wildman–Crippen LogP) is 1.31. The Balaban J connectivity index is 2.42. The number of hydrogen-bond acceptors (Lipinski definition) is 4. The largest absolute Gasteiger partial charge is 0.238 e. The lowest BCUT2D eigenvalue weighted by Crippen LogP contribution is -1.95. The van der Waals surface area contributed by atoms with Crippen molar-refractivity contribution in [1.29, 1.82) is 5.26 Å². The second kappa shape index (κ2) is 4.06. The number of aryl methyl sites for hydroxylation is 1. The molecule has 2 heterocycles. The zero-order chi connectivity index (χ0) is 11.5. The normalized spacial score (nSPS) is 10.1. The average Bonchev–Trinajstić information content (AvgIpc) is 2.71. The van der Waals surface area contributed by atoms with Gasteiger partial charge in [-0.3, -0.25) is 0 Å². The van der Waals surface area contributed by atoms with E-state index in [1.54, 1.807) is 6.07 Å². The molecule has 6 heteroatoms. The summed E-state index contributed by atoms with van der Waals surface area (Å²) >= 11 is 0. The Labute approximate surface area is 91.2 Å². The first-order valence-corrected chi connectivity index (χ1v) is 4.60. The van der Waals surface area contributed by atoms with Crippen LogP contribution in [0.4, 0.5) is 4.39 Å². The summed E-state index contributed by atoms with van der Waals surface area (Å²) in [6.07, 6.45) is 2.96. The molecule has 0 N–H and O–H groups in total. The van der Waals surface area contributed by atoms with E-state index in [1.807, 2.05) is 13.0 Å². The summed E-state index contributed by atoms with van der Waals surface area (Å²) < 4.78 is 14.7. The van der Waals surface area contributed by atoms with E-state index >= 15 is 0 Å². The summed E-state index contributed by atoms with van der Waals surface area (Å²) in [4.78, 5) is 3.60. The van der Waals surface area contributed by atoms with Gasteiger partial charge in [0.05, 0.1) is 17.8 Å². The predicted molar refractivity (Wildman–Crippen MR) is 53.6 cm³/mol. The molecule has 80 valence electrons. The molecule has 0 fully saturated rings. The second-order valence-electron chi connectivity index (χ2n) is 3.31. The van der Waals surface area contributed by atoms with Crippen LogP contribution in [0.2, 0.25) is 0 Å². The van der Waals surface area contributed by atoms with E-state index in [1.165, 1.54) is 17.1 Å². The Bertz CT molecular complexity index is 555. The smallest absolute Gasteiger partial charge is 0.222 e. The van der Waals surface area contributed by atoms with Crippen molar-refractivity contribution < 1.29 is 4.39 Å². The third kappa shape index (κ3) is 1.88. The van der Waals surface area contributed by atoms with Gasteiger partial charge >= 0.3 is 0 Å². The monoisotopic (exact) mass is 217 g/mol. The molecule has 2 aromatic heterocycles. The van der Waals surface area contributed by atoms with Gasteiger partial charge in [0.15, 0.2) is 0 Å². The van der Waals surface area contributed by atoms with E-state index in [0.717, 1.165) is 5.56 Å². The van der Waals surface area contributed by atoms with E-state index in [4.69, 9.17) is 5.26 Å². The zero-order valence-corrected chi connectivity index (χ0v) is 8.55. The van der Waals surface area contributed by atoms with Crippen molar-refractivity contribution >= 4 is 0 Å². The van der Waals surface area contributed by atoms with Crippen LogP contribution < -0.4 is 0 Å². The number of nitrogens with zero attached hydrogens (tertiary/aromatic N) is 5. The summed E-state index contributed by atoms with van der Waals surface area (Å²) in [5.74, 6) is -0.588. The lowest BCUT2D eigenvalue weighted by molar-refractivity contribution is 0.586. The van der Waals surface area contributed by atoms with Gasteiger partial charge in [-0.1, -0.05) is 5.21 Å². The maximum absolute atomic E-state index is 13.4. The molecule has 0 radical (unpaired) electrons. The molecule has 0 spiro atoms. The highest BCUT2D eigenvalue weighted by Gasteiger charge is 2.10. The van der Waals surface area contributed by atoms with Gasteiger partial charge in [0, 0.05) is 6.20 Å². The van der Waals surface area contributed by atoms with Crippen molar-refractivity contribution in [2.75, 3.05) is 0 Å². The second-order valence-corrected chi connectivity index (χ2v) is 3.31. The molecule has 0 aromatic carbocycles. The van der Waals surface area contributed by atoms with Crippen LogP contribution in [0.25, 0.3) is 11.3 Å². The maximum atomic E-state index is 13.4. The topological polar surface area (TPSA) is 67.4 Å². The molecule has 0 atom stereocenters. The Morgan fingerprint density at radius 2 is 2.38 bits per heavy atom. The van der Waals surface area contributed by atoms with Gasteiger partial charge in [-0.2, -0.15) is 9.65 Å². The number of pyridine rings is 1. The van der Waals surface area contributed by atoms with Crippen molar-refractivity contribution in [3.05, 3.63) is 30.0 Å². The summed E-state index contributed by atoms with van der Waals surface area (Å²) in [5, 5.41) is 16.0. The lowest BCUT2D eigenvalue weighted by atomic mass is 10.2. The Hall–Kier alpha value is -2.29. The fourth-order valence-electron chi connectivity index (χ4n) is 1.30. The van der Waals surface area contributed by atoms with Gasteiger partial charge < -0.3 is 0 Å². The average molecular weight is 217 g/mol. The highest BCUT2D eigenvalue weighted by atomic mass is 19.1. The third-order valence-electron chi connectivity index (χ3n) is 2.02. The summed E-state index contributed by atoms with van der Waals surface area (Å²) in [7, 11) is 0. The van der Waals surface area contributed by atoms with Crippen molar-refractivity contribution in [2.24, 2.45) is 0 Å². The molecule has 0 unspecified atom stereocenters. The van der Waals surface area contributed by atoms with Gasteiger partial charge in [-0.15, -0.1) is 5.10 Å². The Morgan fingerprint density at radius 1 is 1.56 bits per heavy atom.